The van der Waals surface area contributed by atoms with E-state index in [0.717, 1.165) is 0 Å². The monoisotopic (exact) mass is 496 g/mol. The van der Waals surface area contributed by atoms with Crippen LogP contribution in [0.5, 0.6) is 11.5 Å². The van der Waals surface area contributed by atoms with Gasteiger partial charge in [0.1, 0.15) is 16.9 Å². The van der Waals surface area contributed by atoms with Gasteiger partial charge in [0, 0.05) is 15.1 Å². The molecule has 0 N–H and O–H groups in total. The highest BCUT2D eigenvalue weighted by molar-refractivity contribution is 9.10. The average Bonchev–Trinajstić information content (AvgIpc) is 3.07. The molecular formula is C19H18BrFN4O4S. The van der Waals surface area contributed by atoms with Crippen molar-refractivity contribution in [3.8, 4) is 17.2 Å². The first-order valence-electron chi connectivity index (χ1n) is 8.71. The molecular weight excluding hydrogens is 479 g/mol. The highest BCUT2D eigenvalue weighted by atomic mass is 79.9. The van der Waals surface area contributed by atoms with Gasteiger partial charge in [-0.3, -0.25) is 14.7 Å². The second-order valence-corrected chi connectivity index (χ2v) is 8.22. The lowest BCUT2D eigenvalue weighted by Gasteiger charge is -2.18. The lowest BCUT2D eigenvalue weighted by molar-refractivity contribution is -0.479. The third-order valence-corrected chi connectivity index (χ3v) is 6.14. The number of rotatable bonds is 8. The number of nitrogens with zero attached hydrogens (tertiary/aromatic N) is 4. The van der Waals surface area contributed by atoms with E-state index in [1.165, 1.54) is 38.1 Å². The number of benzene rings is 2. The van der Waals surface area contributed by atoms with Gasteiger partial charge in [0.15, 0.2) is 16.7 Å². The lowest BCUT2D eigenvalue weighted by atomic mass is 10.1. The lowest BCUT2D eigenvalue weighted by Crippen LogP contribution is -2.12. The van der Waals surface area contributed by atoms with Gasteiger partial charge in [-0.2, -0.15) is 0 Å². The fourth-order valence-corrected chi connectivity index (χ4v) is 4.84. The number of methoxy groups -OCH3 is 2. The predicted molar refractivity (Wildman–Crippen MR) is 114 cm³/mol. The summed E-state index contributed by atoms with van der Waals surface area (Å²) in [6.45, 7) is 1.41. The smallest absolute Gasteiger partial charge is 0.220 e. The Labute approximate surface area is 184 Å². The van der Waals surface area contributed by atoms with Crippen LogP contribution in [0.25, 0.3) is 5.69 Å². The molecule has 0 fully saturated rings. The summed E-state index contributed by atoms with van der Waals surface area (Å²) in [4.78, 5) is 11.0. The number of aryl methyl sites for hydroxylation is 1. The summed E-state index contributed by atoms with van der Waals surface area (Å²) in [6.07, 6.45) is 0. The molecule has 1 heterocycles. The SMILES string of the molecule is COc1cc(Br)c([C@@H](C[N+](=O)[O-])Sc2nnc(C)n2-c2ccc(F)cc2)cc1OC. The van der Waals surface area contributed by atoms with Crippen molar-refractivity contribution in [1.29, 1.82) is 0 Å². The Kier molecular flexibility index (Phi) is 6.93. The molecule has 0 aliphatic rings. The third-order valence-electron chi connectivity index (χ3n) is 4.29. The second kappa shape index (κ2) is 9.43. The van der Waals surface area contributed by atoms with Gasteiger partial charge in [-0.15, -0.1) is 10.2 Å². The van der Waals surface area contributed by atoms with Gasteiger partial charge >= 0.3 is 0 Å². The molecule has 158 valence electrons. The molecule has 1 aromatic heterocycles. The van der Waals surface area contributed by atoms with E-state index in [9.17, 15) is 14.5 Å². The van der Waals surface area contributed by atoms with Crippen molar-refractivity contribution in [2.75, 3.05) is 20.8 Å². The van der Waals surface area contributed by atoms with Crippen molar-refractivity contribution in [3.63, 3.8) is 0 Å². The predicted octanol–water partition coefficient (Wildman–Crippen LogP) is 4.60. The molecule has 3 aromatic rings. The van der Waals surface area contributed by atoms with Gasteiger partial charge in [-0.25, -0.2) is 4.39 Å². The van der Waals surface area contributed by atoms with Crippen LogP contribution >= 0.6 is 27.7 Å². The molecule has 0 spiro atoms. The zero-order chi connectivity index (χ0) is 21.8. The van der Waals surface area contributed by atoms with Crippen LogP contribution in [-0.2, 0) is 0 Å². The number of halogens is 2. The van der Waals surface area contributed by atoms with Crippen LogP contribution in [0, 0.1) is 22.9 Å². The van der Waals surface area contributed by atoms with Gasteiger partial charge in [0.05, 0.1) is 14.2 Å². The Morgan fingerprint density at radius 2 is 1.83 bits per heavy atom. The highest BCUT2D eigenvalue weighted by Gasteiger charge is 2.27. The topological polar surface area (TPSA) is 92.3 Å². The molecule has 0 saturated heterocycles. The van der Waals surface area contributed by atoms with Crippen molar-refractivity contribution in [2.45, 2.75) is 17.3 Å². The normalized spacial score (nSPS) is 11.9. The van der Waals surface area contributed by atoms with Gasteiger partial charge in [-0.1, -0.05) is 27.7 Å². The van der Waals surface area contributed by atoms with Gasteiger partial charge in [0.2, 0.25) is 6.54 Å². The Balaban J connectivity index is 2.04. The molecule has 0 aliphatic heterocycles. The summed E-state index contributed by atoms with van der Waals surface area (Å²) in [6, 6.07) is 9.29. The molecule has 0 amide bonds. The average molecular weight is 497 g/mol. The summed E-state index contributed by atoms with van der Waals surface area (Å²) < 4.78 is 26.3. The first-order valence-corrected chi connectivity index (χ1v) is 10.4. The molecule has 0 saturated carbocycles. The number of ether oxygens (including phenoxy) is 2. The van der Waals surface area contributed by atoms with E-state index in [0.29, 0.717) is 38.2 Å². The molecule has 8 nitrogen and oxygen atoms in total. The van der Waals surface area contributed by atoms with Gasteiger partial charge in [0.25, 0.3) is 0 Å². The number of hydrogen-bond acceptors (Lipinski definition) is 7. The number of hydrogen-bond donors (Lipinski definition) is 0. The van der Waals surface area contributed by atoms with Crippen LogP contribution in [0.3, 0.4) is 0 Å². The third kappa shape index (κ3) is 4.73. The fraction of sp³-hybridized carbons (Fsp3) is 0.263. The maximum absolute atomic E-state index is 13.3. The van der Waals surface area contributed by atoms with Crippen molar-refractivity contribution < 1.29 is 18.8 Å². The van der Waals surface area contributed by atoms with Crippen LogP contribution in [-0.4, -0.2) is 40.5 Å². The fourth-order valence-electron chi connectivity index (χ4n) is 2.89. The molecule has 0 unspecified atom stereocenters. The Bertz CT molecular complexity index is 1060. The minimum absolute atomic E-state index is 0.353. The highest BCUT2D eigenvalue weighted by Crippen LogP contribution is 2.43. The Hall–Kier alpha value is -2.66. The zero-order valence-corrected chi connectivity index (χ0v) is 18.7. The van der Waals surface area contributed by atoms with E-state index < -0.39 is 5.25 Å². The van der Waals surface area contributed by atoms with Crippen molar-refractivity contribution in [3.05, 3.63) is 68.2 Å². The maximum Gasteiger partial charge on any atom is 0.220 e. The first-order chi connectivity index (χ1) is 14.3. The quantitative estimate of drug-likeness (QED) is 0.255. The molecule has 1 atom stereocenters. The number of aromatic nitrogens is 3. The second-order valence-electron chi connectivity index (χ2n) is 6.19. The van der Waals surface area contributed by atoms with Crippen LogP contribution < -0.4 is 9.47 Å². The van der Waals surface area contributed by atoms with Crippen LogP contribution in [0.4, 0.5) is 4.39 Å². The summed E-state index contributed by atoms with van der Waals surface area (Å²) in [7, 11) is 3.01. The molecule has 0 bridgehead atoms. The van der Waals surface area contributed by atoms with Crippen LogP contribution in [0.2, 0.25) is 0 Å². The molecule has 3 rings (SSSR count). The first kappa shape index (κ1) is 22.0. The van der Waals surface area contributed by atoms with E-state index in [1.54, 1.807) is 35.8 Å². The Morgan fingerprint density at radius 3 is 2.43 bits per heavy atom. The summed E-state index contributed by atoms with van der Waals surface area (Å²) in [5.41, 5.74) is 1.31. The van der Waals surface area contributed by atoms with Crippen molar-refractivity contribution >= 4 is 27.7 Å². The number of thioether (sulfide) groups is 1. The minimum Gasteiger partial charge on any atom is -0.493 e. The largest absolute Gasteiger partial charge is 0.493 e. The Morgan fingerprint density at radius 1 is 1.20 bits per heavy atom. The molecule has 0 aliphatic carbocycles. The van der Waals surface area contributed by atoms with Crippen LogP contribution in [0.1, 0.15) is 16.6 Å². The number of nitro groups is 1. The van der Waals surface area contributed by atoms with E-state index in [-0.39, 0.29) is 17.3 Å². The summed E-state index contributed by atoms with van der Waals surface area (Å²) in [5, 5.41) is 19.5. The standard InChI is InChI=1S/C19H18BrFN4O4S/c1-11-22-23-19(25(11)13-6-4-12(21)5-7-13)30-18(10-24(26)27)14-8-16(28-2)17(29-3)9-15(14)20/h4-9,18H,10H2,1-3H3/t18-/m1/s1. The molecule has 0 radical (unpaired) electrons. The van der Waals surface area contributed by atoms with E-state index in [4.69, 9.17) is 9.47 Å². The molecule has 30 heavy (non-hydrogen) atoms. The van der Waals surface area contributed by atoms with Crippen molar-refractivity contribution in [2.24, 2.45) is 0 Å². The van der Waals surface area contributed by atoms with Crippen molar-refractivity contribution in [1.82, 2.24) is 14.8 Å². The van der Waals surface area contributed by atoms with E-state index in [2.05, 4.69) is 26.1 Å². The minimum atomic E-state index is -0.600. The van der Waals surface area contributed by atoms with E-state index >= 15 is 0 Å². The summed E-state index contributed by atoms with van der Waals surface area (Å²) in [5.74, 6) is 1.18. The molecule has 11 heteroatoms. The molecule has 2 aromatic carbocycles. The van der Waals surface area contributed by atoms with Gasteiger partial charge in [-0.05, 0) is 48.9 Å². The van der Waals surface area contributed by atoms with E-state index in [1.807, 2.05) is 0 Å². The van der Waals surface area contributed by atoms with Gasteiger partial charge < -0.3 is 9.47 Å². The maximum atomic E-state index is 13.3. The zero-order valence-electron chi connectivity index (χ0n) is 16.3. The van der Waals surface area contributed by atoms with Crippen LogP contribution in [0.15, 0.2) is 46.0 Å². The summed E-state index contributed by atoms with van der Waals surface area (Å²) >= 11 is 4.67.